The summed E-state index contributed by atoms with van der Waals surface area (Å²) in [6.45, 7) is 10.9. The highest BCUT2D eigenvalue weighted by Crippen LogP contribution is 2.28. The molecule has 0 aromatic heterocycles. The number of rotatable bonds is 9. The Morgan fingerprint density at radius 3 is 2.74 bits per heavy atom. The molecule has 2 fully saturated rings. The number of hydrogen-bond donors (Lipinski definition) is 2. The number of aryl methyl sites for hydroxylation is 1. The third-order valence-electron chi connectivity index (χ3n) is 5.32. The summed E-state index contributed by atoms with van der Waals surface area (Å²) in [5.41, 5.74) is 2.76. The van der Waals surface area contributed by atoms with E-state index in [1.807, 2.05) is 0 Å². The summed E-state index contributed by atoms with van der Waals surface area (Å²) < 4.78 is 5.69. The molecule has 2 N–H and O–H groups in total. The highest BCUT2D eigenvalue weighted by atomic mass is 16.5. The smallest absolute Gasteiger partial charge is 0.191 e. The van der Waals surface area contributed by atoms with Crippen LogP contribution in [0.25, 0.3) is 0 Å². The molecular weight excluding hydrogens is 336 g/mol. The van der Waals surface area contributed by atoms with E-state index in [0.717, 1.165) is 70.7 Å². The van der Waals surface area contributed by atoms with Gasteiger partial charge in [0, 0.05) is 38.8 Å². The Bertz CT molecular complexity index is 592. The van der Waals surface area contributed by atoms with Gasteiger partial charge in [-0.05, 0) is 51.0 Å². The number of benzene rings is 1. The first kappa shape index (κ1) is 20.2. The predicted molar refractivity (Wildman–Crippen MR) is 112 cm³/mol. The van der Waals surface area contributed by atoms with E-state index in [9.17, 15) is 0 Å². The van der Waals surface area contributed by atoms with E-state index in [2.05, 4.69) is 58.6 Å². The Morgan fingerprint density at radius 1 is 1.22 bits per heavy atom. The standard InChI is InChI=1S/C22H36N4O/c1-3-23-22(24-11-14-27-17-19-7-8-19)25-21-9-12-26(13-10-21)16-20-6-4-5-18(2)15-20/h4-6,15,19,21H,3,7-14,16-17H2,1-2H3,(H2,23,24,25). The Kier molecular flexibility index (Phi) is 7.96. The zero-order valence-electron chi connectivity index (χ0n) is 17.0. The van der Waals surface area contributed by atoms with Gasteiger partial charge >= 0.3 is 0 Å². The molecule has 1 aliphatic carbocycles. The van der Waals surface area contributed by atoms with E-state index in [1.165, 1.54) is 24.0 Å². The van der Waals surface area contributed by atoms with Crippen LogP contribution in [0.1, 0.15) is 43.7 Å². The van der Waals surface area contributed by atoms with E-state index in [0.29, 0.717) is 6.04 Å². The molecule has 0 bridgehead atoms. The number of hydrogen-bond acceptors (Lipinski definition) is 3. The van der Waals surface area contributed by atoms with Crippen molar-refractivity contribution in [2.45, 2.75) is 52.1 Å². The fourth-order valence-corrected chi connectivity index (χ4v) is 3.57. The number of ether oxygens (including phenoxy) is 1. The largest absolute Gasteiger partial charge is 0.379 e. The third kappa shape index (κ3) is 7.51. The average Bonchev–Trinajstić information content (AvgIpc) is 3.47. The Labute approximate surface area is 164 Å². The molecule has 1 aromatic carbocycles. The third-order valence-corrected chi connectivity index (χ3v) is 5.32. The predicted octanol–water partition coefficient (Wildman–Crippen LogP) is 2.94. The first-order valence-corrected chi connectivity index (χ1v) is 10.6. The Balaban J connectivity index is 1.37. The van der Waals surface area contributed by atoms with Crippen LogP contribution in [0.5, 0.6) is 0 Å². The van der Waals surface area contributed by atoms with Crippen molar-refractivity contribution in [1.82, 2.24) is 15.5 Å². The van der Waals surface area contributed by atoms with Gasteiger partial charge in [0.05, 0.1) is 13.2 Å². The average molecular weight is 373 g/mol. The summed E-state index contributed by atoms with van der Waals surface area (Å²) in [5, 5.41) is 6.99. The Morgan fingerprint density at radius 2 is 2.04 bits per heavy atom. The molecule has 1 heterocycles. The van der Waals surface area contributed by atoms with Crippen LogP contribution in [0.3, 0.4) is 0 Å². The van der Waals surface area contributed by atoms with Gasteiger partial charge in [0.15, 0.2) is 5.96 Å². The van der Waals surface area contributed by atoms with Gasteiger partial charge in [-0.1, -0.05) is 29.8 Å². The van der Waals surface area contributed by atoms with Gasteiger partial charge in [-0.2, -0.15) is 0 Å². The molecule has 2 aliphatic rings. The van der Waals surface area contributed by atoms with Crippen LogP contribution in [0.15, 0.2) is 29.3 Å². The maximum atomic E-state index is 5.69. The van der Waals surface area contributed by atoms with Gasteiger partial charge in [-0.25, -0.2) is 0 Å². The summed E-state index contributed by atoms with van der Waals surface area (Å²) in [4.78, 5) is 7.24. The van der Waals surface area contributed by atoms with Crippen LogP contribution < -0.4 is 10.6 Å². The Hall–Kier alpha value is -1.59. The summed E-state index contributed by atoms with van der Waals surface area (Å²) in [6.07, 6.45) is 5.01. The van der Waals surface area contributed by atoms with Gasteiger partial charge in [-0.3, -0.25) is 9.89 Å². The second kappa shape index (κ2) is 10.7. The lowest BCUT2D eigenvalue weighted by atomic mass is 10.0. The second-order valence-corrected chi connectivity index (χ2v) is 7.96. The lowest BCUT2D eigenvalue weighted by Crippen LogP contribution is -2.48. The molecule has 27 heavy (non-hydrogen) atoms. The number of nitrogens with zero attached hydrogens (tertiary/aromatic N) is 2. The molecular formula is C22H36N4O. The number of nitrogens with one attached hydrogen (secondary N) is 2. The molecule has 5 nitrogen and oxygen atoms in total. The molecule has 1 saturated heterocycles. The normalized spacial score (nSPS) is 19.3. The van der Waals surface area contributed by atoms with Gasteiger partial charge in [-0.15, -0.1) is 0 Å². The van der Waals surface area contributed by atoms with Crippen molar-refractivity contribution in [3.63, 3.8) is 0 Å². The number of piperidine rings is 1. The van der Waals surface area contributed by atoms with Gasteiger partial charge < -0.3 is 15.4 Å². The number of guanidine groups is 1. The van der Waals surface area contributed by atoms with Gasteiger partial charge in [0.25, 0.3) is 0 Å². The van der Waals surface area contributed by atoms with Crippen molar-refractivity contribution in [3.05, 3.63) is 35.4 Å². The van der Waals surface area contributed by atoms with Crippen molar-refractivity contribution in [1.29, 1.82) is 0 Å². The lowest BCUT2D eigenvalue weighted by molar-refractivity contribution is 0.131. The van der Waals surface area contributed by atoms with Crippen LogP contribution in [0.4, 0.5) is 0 Å². The van der Waals surface area contributed by atoms with Crippen LogP contribution in [0, 0.1) is 12.8 Å². The molecule has 0 atom stereocenters. The summed E-state index contributed by atoms with van der Waals surface area (Å²) in [5.74, 6) is 1.76. The molecule has 0 spiro atoms. The van der Waals surface area contributed by atoms with Crippen molar-refractivity contribution in [3.8, 4) is 0 Å². The van der Waals surface area contributed by atoms with Crippen molar-refractivity contribution in [2.75, 3.05) is 39.4 Å². The maximum absolute atomic E-state index is 5.69. The molecule has 150 valence electrons. The van der Waals surface area contributed by atoms with Crippen LogP contribution in [-0.4, -0.2) is 56.3 Å². The van der Waals surface area contributed by atoms with E-state index in [4.69, 9.17) is 4.74 Å². The SMILES string of the molecule is CCNC(=NCCOCC1CC1)NC1CCN(Cc2cccc(C)c2)CC1. The zero-order valence-corrected chi connectivity index (χ0v) is 17.0. The van der Waals surface area contributed by atoms with Crippen molar-refractivity contribution < 1.29 is 4.74 Å². The molecule has 0 amide bonds. The summed E-state index contributed by atoms with van der Waals surface area (Å²) >= 11 is 0. The highest BCUT2D eigenvalue weighted by molar-refractivity contribution is 5.80. The topological polar surface area (TPSA) is 48.9 Å². The molecule has 5 heteroatoms. The van der Waals surface area contributed by atoms with Crippen molar-refractivity contribution >= 4 is 5.96 Å². The van der Waals surface area contributed by atoms with E-state index in [-0.39, 0.29) is 0 Å². The molecule has 1 aliphatic heterocycles. The number of likely N-dealkylation sites (tertiary alicyclic amines) is 1. The fraction of sp³-hybridized carbons (Fsp3) is 0.682. The molecule has 0 radical (unpaired) electrons. The zero-order chi connectivity index (χ0) is 18.9. The lowest BCUT2D eigenvalue weighted by Gasteiger charge is -2.33. The minimum Gasteiger partial charge on any atom is -0.379 e. The van der Waals surface area contributed by atoms with Gasteiger partial charge in [0.2, 0.25) is 0 Å². The summed E-state index contributed by atoms with van der Waals surface area (Å²) in [7, 11) is 0. The number of aliphatic imine (C=N–C) groups is 1. The highest BCUT2D eigenvalue weighted by Gasteiger charge is 2.21. The van der Waals surface area contributed by atoms with E-state index in [1.54, 1.807) is 0 Å². The van der Waals surface area contributed by atoms with Crippen LogP contribution in [-0.2, 0) is 11.3 Å². The molecule has 1 aromatic rings. The first-order chi connectivity index (χ1) is 13.2. The quantitative estimate of drug-likeness (QED) is 0.398. The second-order valence-electron chi connectivity index (χ2n) is 7.96. The minimum atomic E-state index is 0.504. The van der Waals surface area contributed by atoms with Crippen LogP contribution in [0.2, 0.25) is 0 Å². The molecule has 0 unspecified atom stereocenters. The first-order valence-electron chi connectivity index (χ1n) is 10.6. The summed E-state index contributed by atoms with van der Waals surface area (Å²) in [6, 6.07) is 9.36. The van der Waals surface area contributed by atoms with Crippen molar-refractivity contribution in [2.24, 2.45) is 10.9 Å². The van der Waals surface area contributed by atoms with Gasteiger partial charge in [0.1, 0.15) is 0 Å². The van der Waals surface area contributed by atoms with E-state index < -0.39 is 0 Å². The fourth-order valence-electron chi connectivity index (χ4n) is 3.57. The molecule has 1 saturated carbocycles. The van der Waals surface area contributed by atoms with E-state index >= 15 is 0 Å². The van der Waals surface area contributed by atoms with Crippen LogP contribution >= 0.6 is 0 Å². The molecule has 3 rings (SSSR count). The maximum Gasteiger partial charge on any atom is 0.191 e. The monoisotopic (exact) mass is 372 g/mol. The minimum absolute atomic E-state index is 0.504.